The molecule has 2 aliphatic rings. The molecule has 3 aromatic heterocycles. The summed E-state index contributed by atoms with van der Waals surface area (Å²) >= 11 is 6.52. The number of carboxylic acid groups (broad SMARTS) is 1. The molecule has 0 saturated carbocycles. The van der Waals surface area contributed by atoms with E-state index in [1.54, 1.807) is 18.3 Å². The van der Waals surface area contributed by atoms with Gasteiger partial charge in [-0.05, 0) is 32.5 Å². The van der Waals surface area contributed by atoms with Crippen LogP contribution in [-0.2, 0) is 0 Å². The van der Waals surface area contributed by atoms with E-state index in [4.69, 9.17) is 16.3 Å². The highest BCUT2D eigenvalue weighted by atomic mass is 35.5. The first-order chi connectivity index (χ1) is 20.4. The number of piperazine rings is 1. The summed E-state index contributed by atoms with van der Waals surface area (Å²) in [5.74, 6) is -0.305. The number of likely N-dealkylation sites (tertiary alicyclic amines) is 1. The summed E-state index contributed by atoms with van der Waals surface area (Å²) in [6.45, 7) is 1.95. The number of halogens is 2. The Morgan fingerprint density at radius 3 is 2.83 bits per heavy atom. The Kier molecular flexibility index (Phi) is 7.62. The average molecular weight is 591 g/mol. The third-order valence-electron chi connectivity index (χ3n) is 8.06. The van der Waals surface area contributed by atoms with E-state index < -0.39 is 18.0 Å². The topological polar surface area (TPSA) is 132 Å². The van der Waals surface area contributed by atoms with Gasteiger partial charge in [0.05, 0.1) is 23.9 Å². The highest BCUT2D eigenvalue weighted by molar-refractivity contribution is 6.36. The molecule has 216 valence electrons. The van der Waals surface area contributed by atoms with Crippen LogP contribution in [0.2, 0.25) is 5.02 Å². The van der Waals surface area contributed by atoms with Crippen LogP contribution in [-0.4, -0.2) is 92.9 Å². The van der Waals surface area contributed by atoms with Crippen LogP contribution in [0.25, 0.3) is 32.9 Å². The Bertz CT molecular complexity index is 1710. The molecular weight excluding hydrogens is 563 g/mol. The van der Waals surface area contributed by atoms with Crippen molar-refractivity contribution in [3.63, 3.8) is 0 Å². The molecule has 11 nitrogen and oxygen atoms in total. The van der Waals surface area contributed by atoms with Crippen molar-refractivity contribution in [2.24, 2.45) is 0 Å². The van der Waals surface area contributed by atoms with E-state index >= 15 is 4.39 Å². The number of amides is 1. The van der Waals surface area contributed by atoms with Gasteiger partial charge >= 0.3 is 12.1 Å². The zero-order valence-electron chi connectivity index (χ0n) is 22.9. The van der Waals surface area contributed by atoms with Crippen LogP contribution in [0.5, 0.6) is 6.01 Å². The fraction of sp³-hybridized carbons (Fsp3) is 0.379. The molecule has 2 saturated heterocycles. The summed E-state index contributed by atoms with van der Waals surface area (Å²) in [6.07, 6.45) is 5.65. The van der Waals surface area contributed by atoms with Crippen LogP contribution in [0.4, 0.5) is 15.0 Å². The molecule has 1 N–H and O–H groups in total. The van der Waals surface area contributed by atoms with Crippen molar-refractivity contribution in [3.05, 3.63) is 47.6 Å². The number of anilines is 1. The SMILES string of the molecule is CN1CCC[C@H]1COc1nc(N2CCN(C(=O)O)[C@@H](CC#N)C2)c2cnc(-c3cncc4cccc(Cl)c34)c(F)c2n1. The van der Waals surface area contributed by atoms with E-state index in [0.29, 0.717) is 33.8 Å². The average Bonchev–Trinajstić information content (AvgIpc) is 3.40. The van der Waals surface area contributed by atoms with E-state index in [1.807, 2.05) is 18.0 Å². The maximum Gasteiger partial charge on any atom is 0.407 e. The maximum atomic E-state index is 16.5. The molecule has 2 aliphatic heterocycles. The summed E-state index contributed by atoms with van der Waals surface area (Å²) in [6, 6.07) is 7.07. The molecule has 6 rings (SSSR count). The Morgan fingerprint density at radius 2 is 2.07 bits per heavy atom. The van der Waals surface area contributed by atoms with Gasteiger partial charge < -0.3 is 24.5 Å². The van der Waals surface area contributed by atoms with Crippen molar-refractivity contribution in [3.8, 4) is 23.3 Å². The molecular formula is C29H28ClFN8O3. The smallest absolute Gasteiger partial charge is 0.407 e. The predicted octanol–water partition coefficient (Wildman–Crippen LogP) is 4.59. The van der Waals surface area contributed by atoms with Gasteiger partial charge in [0.15, 0.2) is 5.82 Å². The molecule has 1 aromatic carbocycles. The van der Waals surface area contributed by atoms with E-state index in [0.717, 1.165) is 24.8 Å². The number of hydrogen-bond acceptors (Lipinski definition) is 9. The molecule has 1 amide bonds. The van der Waals surface area contributed by atoms with Crippen LogP contribution in [0.3, 0.4) is 0 Å². The third kappa shape index (κ3) is 5.10. The minimum absolute atomic E-state index is 0.00872. The molecule has 2 fully saturated rings. The number of aromatic nitrogens is 4. The minimum Gasteiger partial charge on any atom is -0.465 e. The third-order valence-corrected chi connectivity index (χ3v) is 8.38. The first kappa shape index (κ1) is 27.8. The Balaban J connectivity index is 1.46. The molecule has 0 aliphatic carbocycles. The van der Waals surface area contributed by atoms with Gasteiger partial charge in [-0.15, -0.1) is 0 Å². The van der Waals surface area contributed by atoms with Crippen molar-refractivity contribution in [2.75, 3.05) is 44.7 Å². The number of carbonyl (C=O) groups is 1. The number of nitriles is 1. The number of rotatable bonds is 6. The Morgan fingerprint density at radius 1 is 1.21 bits per heavy atom. The zero-order chi connectivity index (χ0) is 29.4. The largest absolute Gasteiger partial charge is 0.465 e. The van der Waals surface area contributed by atoms with Gasteiger partial charge in [0.25, 0.3) is 0 Å². The molecule has 0 bridgehead atoms. The normalized spacial score (nSPS) is 19.4. The van der Waals surface area contributed by atoms with E-state index in [-0.39, 0.29) is 49.3 Å². The Labute approximate surface area is 246 Å². The second-order valence-electron chi connectivity index (χ2n) is 10.6. The number of hydrogen-bond donors (Lipinski definition) is 1. The van der Waals surface area contributed by atoms with Gasteiger partial charge in [0.2, 0.25) is 0 Å². The molecule has 13 heteroatoms. The van der Waals surface area contributed by atoms with Crippen molar-refractivity contribution >= 4 is 45.2 Å². The minimum atomic E-state index is -1.09. The van der Waals surface area contributed by atoms with Crippen molar-refractivity contribution in [2.45, 2.75) is 31.3 Å². The van der Waals surface area contributed by atoms with E-state index in [1.165, 1.54) is 17.3 Å². The monoisotopic (exact) mass is 590 g/mol. The maximum absolute atomic E-state index is 16.5. The first-order valence-electron chi connectivity index (χ1n) is 13.7. The molecule has 4 aromatic rings. The summed E-state index contributed by atoms with van der Waals surface area (Å²) in [7, 11) is 2.03. The highest BCUT2D eigenvalue weighted by Gasteiger charge is 2.33. The number of benzene rings is 1. The summed E-state index contributed by atoms with van der Waals surface area (Å²) < 4.78 is 22.5. The molecule has 0 spiro atoms. The van der Waals surface area contributed by atoms with Gasteiger partial charge in [-0.3, -0.25) is 9.97 Å². The fourth-order valence-electron chi connectivity index (χ4n) is 5.82. The van der Waals surface area contributed by atoms with Gasteiger partial charge in [-0.2, -0.15) is 15.2 Å². The lowest BCUT2D eigenvalue weighted by Crippen LogP contribution is -2.55. The summed E-state index contributed by atoms with van der Waals surface area (Å²) in [5.41, 5.74) is 0.482. The highest BCUT2D eigenvalue weighted by Crippen LogP contribution is 2.37. The molecule has 0 radical (unpaired) electrons. The van der Waals surface area contributed by atoms with Crippen LogP contribution in [0, 0.1) is 17.1 Å². The van der Waals surface area contributed by atoms with Gasteiger partial charge in [0.1, 0.15) is 23.6 Å². The summed E-state index contributed by atoms with van der Waals surface area (Å²) in [5, 5.41) is 21.2. The quantitative estimate of drug-likeness (QED) is 0.340. The van der Waals surface area contributed by atoms with Crippen molar-refractivity contribution in [1.29, 1.82) is 5.26 Å². The number of likely N-dealkylation sites (N-methyl/N-ethyl adjacent to an activating group) is 1. The lowest BCUT2D eigenvalue weighted by atomic mass is 10.0. The number of nitrogens with zero attached hydrogens (tertiary/aromatic N) is 8. The molecule has 0 unspecified atom stereocenters. The number of fused-ring (bicyclic) bond motifs is 2. The fourth-order valence-corrected chi connectivity index (χ4v) is 6.11. The van der Waals surface area contributed by atoms with Crippen LogP contribution in [0.15, 0.2) is 36.8 Å². The first-order valence-corrected chi connectivity index (χ1v) is 14.1. The second-order valence-corrected chi connectivity index (χ2v) is 11.0. The molecule has 5 heterocycles. The van der Waals surface area contributed by atoms with Gasteiger partial charge in [0, 0.05) is 65.6 Å². The zero-order valence-corrected chi connectivity index (χ0v) is 23.6. The van der Waals surface area contributed by atoms with E-state index in [2.05, 4.69) is 30.9 Å². The number of pyridine rings is 2. The Hall–Kier alpha value is -4.34. The van der Waals surface area contributed by atoms with Crippen molar-refractivity contribution < 1.29 is 19.0 Å². The van der Waals surface area contributed by atoms with E-state index in [9.17, 15) is 15.2 Å². The van der Waals surface area contributed by atoms with Crippen LogP contribution in [0.1, 0.15) is 19.3 Å². The lowest BCUT2D eigenvalue weighted by molar-refractivity contribution is 0.119. The van der Waals surface area contributed by atoms with Crippen LogP contribution >= 0.6 is 11.6 Å². The van der Waals surface area contributed by atoms with Gasteiger partial charge in [-0.1, -0.05) is 23.7 Å². The summed E-state index contributed by atoms with van der Waals surface area (Å²) in [4.78, 5) is 35.0. The second kappa shape index (κ2) is 11.5. The van der Waals surface area contributed by atoms with Crippen molar-refractivity contribution in [1.82, 2.24) is 29.7 Å². The predicted molar refractivity (Wildman–Crippen MR) is 155 cm³/mol. The van der Waals surface area contributed by atoms with Crippen LogP contribution < -0.4 is 9.64 Å². The molecule has 2 atom stereocenters. The number of ether oxygens (including phenoxy) is 1. The lowest BCUT2D eigenvalue weighted by Gasteiger charge is -2.39. The standard InChI is InChI=1S/C29H28ClFN8O3/c1-37-9-3-5-19(37)16-42-28-35-26-21(27(36-28)38-10-11-39(29(40)41)18(15-38)7-8-32)14-34-25(24(26)31)20-13-33-12-17-4-2-6-22(30)23(17)20/h2,4,6,12-14,18-19H,3,5,7,9-11,15-16H2,1H3,(H,40,41)/t18-,19-/m0/s1. The van der Waals surface area contributed by atoms with Gasteiger partial charge in [-0.25, -0.2) is 9.18 Å². The molecule has 42 heavy (non-hydrogen) atoms.